The van der Waals surface area contributed by atoms with Gasteiger partial charge in [0.05, 0.1) is 6.04 Å². The second-order valence-electron chi connectivity index (χ2n) is 6.26. The highest BCUT2D eigenvalue weighted by Gasteiger charge is 2.29. The minimum absolute atomic E-state index is 0.0726. The third-order valence-electron chi connectivity index (χ3n) is 4.15. The van der Waals surface area contributed by atoms with Gasteiger partial charge in [-0.25, -0.2) is 0 Å². The van der Waals surface area contributed by atoms with Gasteiger partial charge in [-0.15, -0.1) is 0 Å². The van der Waals surface area contributed by atoms with Crippen LogP contribution in [-0.2, 0) is 9.53 Å². The Hall–Kier alpha value is -0.690. The van der Waals surface area contributed by atoms with Crippen LogP contribution in [0.4, 0.5) is 0 Å². The lowest BCUT2D eigenvalue weighted by Crippen LogP contribution is -2.53. The average molecular weight is 300 g/mol. The van der Waals surface area contributed by atoms with Crippen LogP contribution < -0.4 is 5.73 Å². The van der Waals surface area contributed by atoms with Gasteiger partial charge in [0, 0.05) is 32.8 Å². The Morgan fingerprint density at radius 3 is 2.48 bits per heavy atom. The highest BCUT2D eigenvalue weighted by Crippen LogP contribution is 2.17. The molecule has 0 aliphatic carbocycles. The van der Waals surface area contributed by atoms with E-state index < -0.39 is 6.04 Å². The van der Waals surface area contributed by atoms with E-state index in [0.717, 1.165) is 39.0 Å². The van der Waals surface area contributed by atoms with E-state index in [1.54, 1.807) is 7.11 Å². The van der Waals surface area contributed by atoms with E-state index in [9.17, 15) is 4.79 Å². The molecule has 0 aromatic heterocycles. The average Bonchev–Trinajstić information content (AvgIpc) is 2.46. The number of nitrogens with zero attached hydrogens (tertiary/aromatic N) is 3. The van der Waals surface area contributed by atoms with E-state index in [4.69, 9.17) is 10.5 Å². The molecule has 0 radical (unpaired) electrons. The van der Waals surface area contributed by atoms with Crippen LogP contribution in [0.15, 0.2) is 0 Å². The van der Waals surface area contributed by atoms with Crippen molar-refractivity contribution in [3.63, 3.8) is 0 Å². The maximum absolute atomic E-state index is 12.7. The summed E-state index contributed by atoms with van der Waals surface area (Å²) >= 11 is 0. The molecule has 0 aromatic rings. The summed E-state index contributed by atoms with van der Waals surface area (Å²) in [6, 6.07) is -0.131. The first-order valence-electron chi connectivity index (χ1n) is 7.84. The molecule has 0 spiro atoms. The van der Waals surface area contributed by atoms with Crippen molar-refractivity contribution in [1.29, 1.82) is 0 Å². The lowest BCUT2D eigenvalue weighted by molar-refractivity contribution is -0.136. The summed E-state index contributed by atoms with van der Waals surface area (Å²) in [4.78, 5) is 19.1. The van der Waals surface area contributed by atoms with E-state index in [0.29, 0.717) is 19.1 Å². The van der Waals surface area contributed by atoms with Crippen molar-refractivity contribution in [2.75, 3.05) is 61.0 Å². The maximum atomic E-state index is 12.7. The quantitative estimate of drug-likeness (QED) is 0.675. The molecule has 1 fully saturated rings. The molecule has 1 aliphatic rings. The molecule has 0 saturated carbocycles. The van der Waals surface area contributed by atoms with Crippen LogP contribution in [0.25, 0.3) is 0 Å². The van der Waals surface area contributed by atoms with Gasteiger partial charge in [-0.1, -0.05) is 0 Å². The molecular weight excluding hydrogens is 268 g/mol. The molecule has 0 aromatic carbocycles. The molecule has 1 heterocycles. The van der Waals surface area contributed by atoms with E-state index in [1.165, 1.54) is 0 Å². The first-order valence-corrected chi connectivity index (χ1v) is 7.84. The van der Waals surface area contributed by atoms with E-state index in [-0.39, 0.29) is 5.91 Å². The number of piperidine rings is 1. The highest BCUT2D eigenvalue weighted by atomic mass is 16.5. The number of likely N-dealkylation sites (tertiary alicyclic amines) is 1. The summed E-state index contributed by atoms with van der Waals surface area (Å²) in [5.74, 6) is 0.0726. The number of rotatable bonds is 8. The largest absolute Gasteiger partial charge is 0.385 e. The Kier molecular flexibility index (Phi) is 8.18. The summed E-state index contributed by atoms with van der Waals surface area (Å²) in [6.07, 6.45) is 2.65. The lowest BCUT2D eigenvalue weighted by Gasteiger charge is -2.39. The van der Waals surface area contributed by atoms with Gasteiger partial charge in [-0.05, 0) is 53.5 Å². The van der Waals surface area contributed by atoms with Crippen LogP contribution >= 0.6 is 0 Å². The van der Waals surface area contributed by atoms with Crippen LogP contribution in [0, 0.1) is 0 Å². The van der Waals surface area contributed by atoms with Crippen LogP contribution in [0.5, 0.6) is 0 Å². The van der Waals surface area contributed by atoms with Crippen LogP contribution in [0.3, 0.4) is 0 Å². The summed E-state index contributed by atoms with van der Waals surface area (Å²) in [6.45, 7) is 4.24. The highest BCUT2D eigenvalue weighted by molar-refractivity contribution is 5.82. The predicted octanol–water partition coefficient (Wildman–Crippen LogP) is -0.165. The molecule has 0 bridgehead atoms. The standard InChI is InChI=1S/C15H32N4O2/c1-17(2)10-11-19(13-5-8-18(3)9-6-13)15(20)14(16)7-12-21-4/h13-14H,5-12,16H2,1-4H3. The number of methoxy groups -OCH3 is 1. The van der Waals surface area contributed by atoms with Crippen molar-refractivity contribution in [3.8, 4) is 0 Å². The van der Waals surface area contributed by atoms with Crippen molar-refractivity contribution < 1.29 is 9.53 Å². The summed E-state index contributed by atoms with van der Waals surface area (Å²) < 4.78 is 5.03. The fraction of sp³-hybridized carbons (Fsp3) is 0.933. The summed E-state index contributed by atoms with van der Waals surface area (Å²) in [5.41, 5.74) is 6.05. The van der Waals surface area contributed by atoms with Gasteiger partial charge in [0.2, 0.25) is 5.91 Å². The second kappa shape index (κ2) is 9.35. The molecule has 1 rings (SSSR count). The lowest BCUT2D eigenvalue weighted by atomic mass is 10.0. The first-order chi connectivity index (χ1) is 9.95. The molecule has 6 heteroatoms. The van der Waals surface area contributed by atoms with Crippen molar-refractivity contribution in [3.05, 3.63) is 0 Å². The number of nitrogens with two attached hydrogens (primary N) is 1. The van der Waals surface area contributed by atoms with Crippen molar-refractivity contribution in [2.45, 2.75) is 31.3 Å². The molecule has 1 aliphatic heterocycles. The number of hydrogen-bond donors (Lipinski definition) is 1. The van der Waals surface area contributed by atoms with Gasteiger partial charge in [0.1, 0.15) is 0 Å². The minimum Gasteiger partial charge on any atom is -0.385 e. The topological polar surface area (TPSA) is 62.0 Å². The molecule has 2 N–H and O–H groups in total. The summed E-state index contributed by atoms with van der Waals surface area (Å²) in [5, 5.41) is 0. The van der Waals surface area contributed by atoms with Crippen LogP contribution in [-0.4, -0.2) is 93.7 Å². The van der Waals surface area contributed by atoms with E-state index >= 15 is 0 Å². The van der Waals surface area contributed by atoms with Gasteiger partial charge in [0.15, 0.2) is 0 Å². The molecule has 1 unspecified atom stereocenters. The van der Waals surface area contributed by atoms with Gasteiger partial charge < -0.3 is 25.2 Å². The normalized spacial score (nSPS) is 19.0. The second-order valence-corrected chi connectivity index (χ2v) is 6.26. The van der Waals surface area contributed by atoms with Gasteiger partial charge >= 0.3 is 0 Å². The third kappa shape index (κ3) is 6.30. The van der Waals surface area contributed by atoms with Crippen LogP contribution in [0.1, 0.15) is 19.3 Å². The van der Waals surface area contributed by atoms with Crippen LogP contribution in [0.2, 0.25) is 0 Å². The van der Waals surface area contributed by atoms with Crippen molar-refractivity contribution in [1.82, 2.24) is 14.7 Å². The molecule has 124 valence electrons. The molecule has 1 atom stereocenters. The minimum atomic E-state index is -0.452. The first kappa shape index (κ1) is 18.4. The number of ether oxygens (including phenoxy) is 1. The Bertz CT molecular complexity index is 304. The fourth-order valence-electron chi connectivity index (χ4n) is 2.67. The Balaban J connectivity index is 2.64. The summed E-state index contributed by atoms with van der Waals surface area (Å²) in [7, 11) is 7.83. The number of carbonyl (C=O) groups excluding carboxylic acids is 1. The van der Waals surface area contributed by atoms with Gasteiger partial charge in [-0.3, -0.25) is 4.79 Å². The zero-order chi connectivity index (χ0) is 15.8. The maximum Gasteiger partial charge on any atom is 0.239 e. The predicted molar refractivity (Wildman–Crippen MR) is 85.3 cm³/mol. The van der Waals surface area contributed by atoms with Crippen molar-refractivity contribution >= 4 is 5.91 Å². The van der Waals surface area contributed by atoms with E-state index in [1.807, 2.05) is 19.0 Å². The Morgan fingerprint density at radius 1 is 1.33 bits per heavy atom. The fourth-order valence-corrected chi connectivity index (χ4v) is 2.67. The monoisotopic (exact) mass is 300 g/mol. The smallest absolute Gasteiger partial charge is 0.239 e. The molecule has 21 heavy (non-hydrogen) atoms. The van der Waals surface area contributed by atoms with Gasteiger partial charge in [0.25, 0.3) is 0 Å². The van der Waals surface area contributed by atoms with Crippen molar-refractivity contribution in [2.24, 2.45) is 5.73 Å². The number of likely N-dealkylation sites (N-methyl/N-ethyl adjacent to an activating group) is 1. The third-order valence-corrected chi connectivity index (χ3v) is 4.15. The Labute approximate surface area is 129 Å². The SMILES string of the molecule is COCCC(N)C(=O)N(CCN(C)C)C1CCN(C)CC1. The molecule has 6 nitrogen and oxygen atoms in total. The zero-order valence-corrected chi connectivity index (χ0v) is 14.0. The molecular formula is C15H32N4O2. The molecule has 1 amide bonds. The Morgan fingerprint density at radius 2 is 1.95 bits per heavy atom. The van der Waals surface area contributed by atoms with E-state index in [2.05, 4.69) is 16.8 Å². The number of hydrogen-bond acceptors (Lipinski definition) is 5. The van der Waals surface area contributed by atoms with Gasteiger partial charge in [-0.2, -0.15) is 0 Å². The zero-order valence-electron chi connectivity index (χ0n) is 14.0. The molecule has 1 saturated heterocycles. The number of amides is 1. The number of carbonyl (C=O) groups is 1.